The molecule has 1 aromatic carbocycles. The molecule has 1 saturated carbocycles. The number of ether oxygens (including phenoxy) is 1. The molecular weight excluding hydrogens is 278 g/mol. The summed E-state index contributed by atoms with van der Waals surface area (Å²) in [6.45, 7) is 1.21. The van der Waals surface area contributed by atoms with Gasteiger partial charge in [0.2, 0.25) is 5.89 Å². The summed E-state index contributed by atoms with van der Waals surface area (Å²) in [7, 11) is 1.92. The second-order valence-electron chi connectivity index (χ2n) is 4.93. The highest BCUT2D eigenvalue weighted by Gasteiger charge is 2.30. The van der Waals surface area contributed by atoms with Crippen LogP contribution in [0.15, 0.2) is 28.8 Å². The van der Waals surface area contributed by atoms with Gasteiger partial charge in [-0.05, 0) is 36.2 Å². The average molecular weight is 294 g/mol. The molecule has 0 saturated heterocycles. The number of aromatic nitrogens is 2. The lowest BCUT2D eigenvalue weighted by Crippen LogP contribution is -2.24. The van der Waals surface area contributed by atoms with Gasteiger partial charge >= 0.3 is 0 Å². The number of halogens is 1. The van der Waals surface area contributed by atoms with Crippen molar-refractivity contribution in [1.29, 1.82) is 0 Å². The lowest BCUT2D eigenvalue weighted by atomic mass is 10.3. The quantitative estimate of drug-likeness (QED) is 0.819. The lowest BCUT2D eigenvalue weighted by Gasteiger charge is -2.14. The van der Waals surface area contributed by atoms with Gasteiger partial charge in [0.25, 0.3) is 5.95 Å². The molecule has 3 rings (SSSR count). The fourth-order valence-corrected chi connectivity index (χ4v) is 2.02. The van der Waals surface area contributed by atoms with Crippen molar-refractivity contribution in [2.45, 2.75) is 18.8 Å². The minimum Gasteiger partial charge on any atom is -0.492 e. The topological polar surface area (TPSA) is 51.4 Å². The molecule has 1 aliphatic rings. The molecule has 5 nitrogen and oxygen atoms in total. The molecule has 0 aliphatic heterocycles. The second kappa shape index (κ2) is 5.71. The third kappa shape index (κ3) is 3.22. The van der Waals surface area contributed by atoms with Crippen molar-refractivity contribution >= 4 is 17.5 Å². The Hall–Kier alpha value is -1.75. The average Bonchev–Trinajstić information content (AvgIpc) is 3.16. The number of rotatable bonds is 6. The number of nitrogens with zero attached hydrogens (tertiary/aromatic N) is 3. The highest BCUT2D eigenvalue weighted by Crippen LogP contribution is 2.39. The van der Waals surface area contributed by atoms with Crippen LogP contribution in [0, 0.1) is 0 Å². The lowest BCUT2D eigenvalue weighted by molar-refractivity contribution is 0.324. The van der Waals surface area contributed by atoms with Gasteiger partial charge < -0.3 is 14.2 Å². The van der Waals surface area contributed by atoms with Crippen LogP contribution in [0.25, 0.3) is 0 Å². The molecule has 1 aliphatic carbocycles. The third-order valence-electron chi connectivity index (χ3n) is 3.19. The van der Waals surface area contributed by atoms with Crippen molar-refractivity contribution in [3.63, 3.8) is 0 Å². The van der Waals surface area contributed by atoms with Gasteiger partial charge in [0.05, 0.1) is 6.54 Å². The van der Waals surface area contributed by atoms with Crippen LogP contribution in [0.1, 0.15) is 24.7 Å². The first-order valence-corrected chi connectivity index (χ1v) is 7.03. The number of likely N-dealkylation sites (N-methyl/N-ethyl adjacent to an activating group) is 1. The predicted molar refractivity (Wildman–Crippen MR) is 76.5 cm³/mol. The summed E-state index contributed by atoms with van der Waals surface area (Å²) in [6.07, 6.45) is 2.31. The fourth-order valence-electron chi connectivity index (χ4n) is 1.84. The molecule has 0 spiro atoms. The first-order chi connectivity index (χ1) is 9.72. The van der Waals surface area contributed by atoms with E-state index in [-0.39, 0.29) is 0 Å². The number of hydrogen-bond acceptors (Lipinski definition) is 5. The molecule has 106 valence electrons. The molecule has 0 bridgehead atoms. The SMILES string of the molecule is CN(CCOc1cccc(Cl)c1)c1noc(C2CC2)n1. The zero-order valence-electron chi connectivity index (χ0n) is 11.3. The van der Waals surface area contributed by atoms with Crippen LogP contribution in [0.4, 0.5) is 5.95 Å². The monoisotopic (exact) mass is 293 g/mol. The van der Waals surface area contributed by atoms with E-state index in [0.717, 1.165) is 24.5 Å². The van der Waals surface area contributed by atoms with Crippen LogP contribution in [0.5, 0.6) is 5.75 Å². The van der Waals surface area contributed by atoms with Crippen molar-refractivity contribution < 1.29 is 9.26 Å². The Kier molecular flexibility index (Phi) is 3.78. The van der Waals surface area contributed by atoms with Gasteiger partial charge in [-0.1, -0.05) is 17.7 Å². The predicted octanol–water partition coefficient (Wildman–Crippen LogP) is 3.12. The molecule has 0 amide bonds. The summed E-state index contributed by atoms with van der Waals surface area (Å²) in [5.41, 5.74) is 0. The summed E-state index contributed by atoms with van der Waals surface area (Å²) in [6, 6.07) is 7.36. The molecule has 0 radical (unpaired) electrons. The summed E-state index contributed by atoms with van der Waals surface area (Å²) in [5.74, 6) is 2.61. The first-order valence-electron chi connectivity index (χ1n) is 6.65. The maximum atomic E-state index is 5.90. The van der Waals surface area contributed by atoms with Gasteiger partial charge in [0.1, 0.15) is 12.4 Å². The Labute approximate surface area is 122 Å². The Morgan fingerprint density at radius 3 is 3.05 bits per heavy atom. The Balaban J connectivity index is 1.49. The van der Waals surface area contributed by atoms with E-state index in [0.29, 0.717) is 30.0 Å². The number of hydrogen-bond donors (Lipinski definition) is 0. The van der Waals surface area contributed by atoms with E-state index in [4.69, 9.17) is 20.9 Å². The van der Waals surface area contributed by atoms with Gasteiger partial charge in [0.15, 0.2) is 0 Å². The van der Waals surface area contributed by atoms with Gasteiger partial charge in [-0.3, -0.25) is 0 Å². The van der Waals surface area contributed by atoms with Crippen LogP contribution < -0.4 is 9.64 Å². The smallest absolute Gasteiger partial charge is 0.265 e. The van der Waals surface area contributed by atoms with Crippen molar-refractivity contribution in [2.24, 2.45) is 0 Å². The summed E-state index contributed by atoms with van der Waals surface area (Å²) in [5, 5.41) is 4.65. The fraction of sp³-hybridized carbons (Fsp3) is 0.429. The van der Waals surface area contributed by atoms with E-state index >= 15 is 0 Å². The minimum absolute atomic E-state index is 0.479. The van der Waals surface area contributed by atoms with E-state index in [9.17, 15) is 0 Å². The largest absolute Gasteiger partial charge is 0.492 e. The van der Waals surface area contributed by atoms with E-state index in [1.54, 1.807) is 6.07 Å². The summed E-state index contributed by atoms with van der Waals surface area (Å²) in [4.78, 5) is 6.30. The molecule has 1 aromatic heterocycles. The van der Waals surface area contributed by atoms with Gasteiger partial charge in [-0.25, -0.2) is 0 Å². The molecule has 20 heavy (non-hydrogen) atoms. The van der Waals surface area contributed by atoms with Crippen molar-refractivity contribution in [1.82, 2.24) is 10.1 Å². The molecule has 2 aromatic rings. The maximum absolute atomic E-state index is 5.90. The molecule has 6 heteroatoms. The highest BCUT2D eigenvalue weighted by molar-refractivity contribution is 6.30. The van der Waals surface area contributed by atoms with Crippen molar-refractivity contribution in [2.75, 3.05) is 25.1 Å². The zero-order chi connectivity index (χ0) is 13.9. The Bertz CT molecular complexity index is 583. The molecule has 0 N–H and O–H groups in total. The Morgan fingerprint density at radius 2 is 2.30 bits per heavy atom. The van der Waals surface area contributed by atoms with Crippen molar-refractivity contribution in [3.05, 3.63) is 35.2 Å². The summed E-state index contributed by atoms with van der Waals surface area (Å²) < 4.78 is 10.9. The number of benzene rings is 1. The zero-order valence-corrected chi connectivity index (χ0v) is 12.0. The second-order valence-corrected chi connectivity index (χ2v) is 5.37. The maximum Gasteiger partial charge on any atom is 0.265 e. The van der Waals surface area contributed by atoms with Crippen LogP contribution in [-0.2, 0) is 0 Å². The molecular formula is C14H16ClN3O2. The van der Waals surface area contributed by atoms with Gasteiger partial charge in [-0.15, -0.1) is 0 Å². The van der Waals surface area contributed by atoms with Gasteiger partial charge in [0, 0.05) is 18.0 Å². The Morgan fingerprint density at radius 1 is 1.45 bits per heavy atom. The number of anilines is 1. The molecule has 1 fully saturated rings. The van der Waals surface area contributed by atoms with E-state index in [1.165, 1.54) is 0 Å². The minimum atomic E-state index is 0.479. The van der Waals surface area contributed by atoms with Crippen LogP contribution >= 0.6 is 11.6 Å². The third-order valence-corrected chi connectivity index (χ3v) is 3.43. The normalized spacial score (nSPS) is 14.3. The van der Waals surface area contributed by atoms with Crippen LogP contribution in [0.2, 0.25) is 5.02 Å². The van der Waals surface area contributed by atoms with Gasteiger partial charge in [-0.2, -0.15) is 4.98 Å². The first kappa shape index (κ1) is 13.2. The summed E-state index contributed by atoms with van der Waals surface area (Å²) >= 11 is 5.90. The molecule has 1 heterocycles. The molecule has 0 atom stereocenters. The van der Waals surface area contributed by atoms with Crippen molar-refractivity contribution in [3.8, 4) is 5.75 Å². The molecule has 0 unspecified atom stereocenters. The standard InChI is InChI=1S/C14H16ClN3O2/c1-18(14-16-13(20-17-14)10-5-6-10)7-8-19-12-4-2-3-11(15)9-12/h2-4,9-10H,5-8H2,1H3. The van der Waals surface area contributed by atoms with E-state index in [1.807, 2.05) is 30.1 Å². The van der Waals surface area contributed by atoms with Crippen LogP contribution in [-0.4, -0.2) is 30.3 Å². The van der Waals surface area contributed by atoms with E-state index < -0.39 is 0 Å². The van der Waals surface area contributed by atoms with Crippen LogP contribution in [0.3, 0.4) is 0 Å². The van der Waals surface area contributed by atoms with E-state index in [2.05, 4.69) is 10.1 Å². The highest BCUT2D eigenvalue weighted by atomic mass is 35.5.